The van der Waals surface area contributed by atoms with Crippen LogP contribution in [0, 0.1) is 11.6 Å². The Balaban J connectivity index is 2.57. The van der Waals surface area contributed by atoms with Gasteiger partial charge in [0.25, 0.3) is 0 Å². The van der Waals surface area contributed by atoms with Gasteiger partial charge in [0.2, 0.25) is 0 Å². The van der Waals surface area contributed by atoms with Crippen molar-refractivity contribution in [2.45, 2.75) is 6.04 Å². The van der Waals surface area contributed by atoms with Gasteiger partial charge in [0, 0.05) is 12.6 Å². The summed E-state index contributed by atoms with van der Waals surface area (Å²) < 4.78 is 30.8. The van der Waals surface area contributed by atoms with E-state index >= 15 is 0 Å². The summed E-state index contributed by atoms with van der Waals surface area (Å²) in [5, 5.41) is 0. The average Bonchev–Trinajstić information content (AvgIpc) is 2.23. The summed E-state index contributed by atoms with van der Waals surface area (Å²) in [5.74, 6) is -1.49. The van der Waals surface area contributed by atoms with Crippen LogP contribution in [0.25, 0.3) is 0 Å². The summed E-state index contributed by atoms with van der Waals surface area (Å²) in [6.45, 7) is 0.783. The molecule has 3 nitrogen and oxygen atoms in total. The second-order valence-electron chi connectivity index (χ2n) is 3.74. The van der Waals surface area contributed by atoms with Gasteiger partial charge in [-0.05, 0) is 26.2 Å². The van der Waals surface area contributed by atoms with E-state index in [-0.39, 0.29) is 6.04 Å². The third-order valence-corrected chi connectivity index (χ3v) is 2.34. The van der Waals surface area contributed by atoms with Crippen LogP contribution in [0.1, 0.15) is 0 Å². The van der Waals surface area contributed by atoms with Crippen LogP contribution >= 0.6 is 0 Å². The Kier molecular flexibility index (Phi) is 4.64. The highest BCUT2D eigenvalue weighted by Gasteiger charge is 2.10. The summed E-state index contributed by atoms with van der Waals surface area (Å²) in [6.07, 6.45) is 0. The Morgan fingerprint density at radius 2 is 2.00 bits per heavy atom. The molecule has 0 aliphatic carbocycles. The minimum Gasteiger partial charge on any atom is -0.492 e. The normalized spacial score (nSPS) is 12.9. The lowest BCUT2D eigenvalue weighted by Crippen LogP contribution is -2.39. The summed E-state index contributed by atoms with van der Waals surface area (Å²) in [5.41, 5.74) is 5.54. The molecular weight excluding hydrogens is 214 g/mol. The molecule has 0 bridgehead atoms. The molecule has 0 aromatic heterocycles. The monoisotopic (exact) mass is 230 g/mol. The zero-order chi connectivity index (χ0) is 12.1. The molecule has 1 atom stereocenters. The highest BCUT2D eigenvalue weighted by Crippen LogP contribution is 2.15. The van der Waals surface area contributed by atoms with Crippen molar-refractivity contribution in [3.05, 3.63) is 29.8 Å². The van der Waals surface area contributed by atoms with Crippen LogP contribution in [0.3, 0.4) is 0 Å². The fourth-order valence-corrected chi connectivity index (χ4v) is 1.19. The molecule has 0 saturated carbocycles. The maximum Gasteiger partial charge on any atom is 0.162 e. The van der Waals surface area contributed by atoms with Crippen LogP contribution in [-0.4, -0.2) is 38.2 Å². The van der Waals surface area contributed by atoms with Crippen molar-refractivity contribution in [2.75, 3.05) is 27.2 Å². The maximum atomic E-state index is 12.9. The van der Waals surface area contributed by atoms with Gasteiger partial charge in [-0.15, -0.1) is 0 Å². The topological polar surface area (TPSA) is 38.5 Å². The van der Waals surface area contributed by atoms with E-state index in [4.69, 9.17) is 10.5 Å². The van der Waals surface area contributed by atoms with Gasteiger partial charge in [-0.3, -0.25) is 0 Å². The fraction of sp³-hybridized carbons (Fsp3) is 0.455. The number of nitrogens with two attached hydrogens (primary N) is 1. The molecule has 0 fully saturated rings. The zero-order valence-electron chi connectivity index (χ0n) is 9.41. The van der Waals surface area contributed by atoms with E-state index in [1.165, 1.54) is 6.07 Å². The van der Waals surface area contributed by atoms with E-state index in [0.29, 0.717) is 18.9 Å². The van der Waals surface area contributed by atoms with Crippen molar-refractivity contribution >= 4 is 0 Å². The molecule has 0 saturated heterocycles. The summed E-state index contributed by atoms with van der Waals surface area (Å²) in [6, 6.07) is 3.51. The quantitative estimate of drug-likeness (QED) is 0.827. The van der Waals surface area contributed by atoms with Crippen LogP contribution in [0.4, 0.5) is 8.78 Å². The standard InChI is InChI=1S/C11H16F2N2O/c1-15(2)8(6-14)7-16-9-3-4-10(12)11(13)5-9/h3-5,8H,6-7,14H2,1-2H3. The number of benzene rings is 1. The van der Waals surface area contributed by atoms with Gasteiger partial charge in [-0.1, -0.05) is 0 Å². The molecule has 0 aliphatic rings. The molecule has 1 unspecified atom stereocenters. The molecule has 16 heavy (non-hydrogen) atoms. The van der Waals surface area contributed by atoms with Crippen molar-refractivity contribution in [2.24, 2.45) is 5.73 Å². The van der Waals surface area contributed by atoms with Crippen molar-refractivity contribution in [3.63, 3.8) is 0 Å². The number of ether oxygens (including phenoxy) is 1. The van der Waals surface area contributed by atoms with Crippen LogP contribution in [-0.2, 0) is 0 Å². The number of likely N-dealkylation sites (N-methyl/N-ethyl adjacent to an activating group) is 1. The Labute approximate surface area is 93.8 Å². The Hall–Kier alpha value is -1.20. The second kappa shape index (κ2) is 5.77. The lowest BCUT2D eigenvalue weighted by atomic mass is 10.3. The van der Waals surface area contributed by atoms with E-state index in [1.54, 1.807) is 0 Å². The molecule has 1 rings (SSSR count). The number of nitrogens with zero attached hydrogens (tertiary/aromatic N) is 1. The first kappa shape index (κ1) is 12.9. The highest BCUT2D eigenvalue weighted by atomic mass is 19.2. The highest BCUT2D eigenvalue weighted by molar-refractivity contribution is 5.23. The van der Waals surface area contributed by atoms with E-state index < -0.39 is 11.6 Å². The summed E-state index contributed by atoms with van der Waals surface area (Å²) >= 11 is 0. The molecule has 0 heterocycles. The van der Waals surface area contributed by atoms with Gasteiger partial charge in [-0.2, -0.15) is 0 Å². The molecule has 5 heteroatoms. The summed E-state index contributed by atoms with van der Waals surface area (Å²) in [4.78, 5) is 1.92. The molecule has 90 valence electrons. The molecular formula is C11H16F2N2O. The molecule has 0 spiro atoms. The fourth-order valence-electron chi connectivity index (χ4n) is 1.19. The number of rotatable bonds is 5. The van der Waals surface area contributed by atoms with Crippen LogP contribution in [0.5, 0.6) is 5.75 Å². The van der Waals surface area contributed by atoms with Gasteiger partial charge >= 0.3 is 0 Å². The lowest BCUT2D eigenvalue weighted by molar-refractivity contribution is 0.189. The van der Waals surface area contributed by atoms with Crippen LogP contribution in [0.15, 0.2) is 18.2 Å². The number of hydrogen-bond donors (Lipinski definition) is 1. The zero-order valence-corrected chi connectivity index (χ0v) is 9.41. The van der Waals surface area contributed by atoms with Crippen LogP contribution in [0.2, 0.25) is 0 Å². The van der Waals surface area contributed by atoms with E-state index in [0.717, 1.165) is 12.1 Å². The first-order valence-corrected chi connectivity index (χ1v) is 4.99. The maximum absolute atomic E-state index is 12.9. The van der Waals surface area contributed by atoms with Gasteiger partial charge in [0.1, 0.15) is 12.4 Å². The molecule has 1 aromatic rings. The van der Waals surface area contributed by atoms with Gasteiger partial charge < -0.3 is 15.4 Å². The Morgan fingerprint density at radius 1 is 1.31 bits per heavy atom. The van der Waals surface area contributed by atoms with Crippen LogP contribution < -0.4 is 10.5 Å². The smallest absolute Gasteiger partial charge is 0.162 e. The van der Waals surface area contributed by atoms with Crippen molar-refractivity contribution < 1.29 is 13.5 Å². The van der Waals surface area contributed by atoms with E-state index in [2.05, 4.69) is 0 Å². The minimum atomic E-state index is -0.911. The van der Waals surface area contributed by atoms with E-state index in [9.17, 15) is 8.78 Å². The first-order chi connectivity index (χ1) is 7.54. The van der Waals surface area contributed by atoms with Crippen molar-refractivity contribution in [3.8, 4) is 5.75 Å². The third-order valence-electron chi connectivity index (χ3n) is 2.34. The van der Waals surface area contributed by atoms with E-state index in [1.807, 2.05) is 19.0 Å². The molecule has 2 N–H and O–H groups in total. The molecule has 0 amide bonds. The number of halogens is 2. The molecule has 0 radical (unpaired) electrons. The Morgan fingerprint density at radius 3 is 2.50 bits per heavy atom. The third kappa shape index (κ3) is 3.43. The van der Waals surface area contributed by atoms with Gasteiger partial charge in [-0.25, -0.2) is 8.78 Å². The molecule has 0 aliphatic heterocycles. The molecule has 1 aromatic carbocycles. The Bertz CT molecular complexity index is 345. The average molecular weight is 230 g/mol. The predicted molar refractivity (Wildman–Crippen MR) is 58.4 cm³/mol. The van der Waals surface area contributed by atoms with Crippen molar-refractivity contribution in [1.29, 1.82) is 0 Å². The second-order valence-corrected chi connectivity index (χ2v) is 3.74. The lowest BCUT2D eigenvalue weighted by Gasteiger charge is -2.22. The summed E-state index contributed by atoms with van der Waals surface area (Å²) in [7, 11) is 3.76. The first-order valence-electron chi connectivity index (χ1n) is 4.99. The van der Waals surface area contributed by atoms with Crippen molar-refractivity contribution in [1.82, 2.24) is 4.90 Å². The minimum absolute atomic E-state index is 0.0492. The number of hydrogen-bond acceptors (Lipinski definition) is 3. The largest absolute Gasteiger partial charge is 0.492 e. The SMILES string of the molecule is CN(C)C(CN)COc1ccc(F)c(F)c1. The van der Waals surface area contributed by atoms with Gasteiger partial charge in [0.05, 0.1) is 6.04 Å². The van der Waals surface area contributed by atoms with Gasteiger partial charge in [0.15, 0.2) is 11.6 Å². The predicted octanol–water partition coefficient (Wildman–Crippen LogP) is 1.23.